The van der Waals surface area contributed by atoms with E-state index in [9.17, 15) is 4.79 Å². The molecule has 1 fully saturated rings. The Labute approximate surface area is 113 Å². The third-order valence-corrected chi connectivity index (χ3v) is 3.75. The molecule has 0 saturated carbocycles. The lowest BCUT2D eigenvalue weighted by atomic mass is 10.0. The molecular weight excluding hydrogens is 248 g/mol. The number of aryl methyl sites for hydroxylation is 1. The molecule has 1 N–H and O–H groups in total. The molecule has 0 bridgehead atoms. The summed E-state index contributed by atoms with van der Waals surface area (Å²) in [5, 5.41) is 4.00. The first-order valence-corrected chi connectivity index (χ1v) is 6.59. The minimum atomic E-state index is -0.244. The van der Waals surface area contributed by atoms with Crippen LogP contribution in [-0.2, 0) is 4.79 Å². The topological polar surface area (TPSA) is 32.3 Å². The molecule has 0 aliphatic carbocycles. The normalized spacial score (nSPS) is 19.8. The number of nitrogens with zero attached hydrogens (tertiary/aromatic N) is 1. The molecule has 0 spiro atoms. The van der Waals surface area contributed by atoms with Gasteiger partial charge < -0.3 is 10.2 Å². The summed E-state index contributed by atoms with van der Waals surface area (Å²) in [5.41, 5.74) is 1.66. The lowest BCUT2D eigenvalue weighted by Gasteiger charge is -2.37. The number of amides is 1. The van der Waals surface area contributed by atoms with Gasteiger partial charge in [0.2, 0.25) is 5.91 Å². The number of hydrogen-bond acceptors (Lipinski definition) is 2. The van der Waals surface area contributed by atoms with Crippen LogP contribution in [-0.4, -0.2) is 24.5 Å². The summed E-state index contributed by atoms with van der Waals surface area (Å²) >= 11 is 6.16. The lowest BCUT2D eigenvalue weighted by molar-refractivity contribution is -0.119. The average molecular weight is 267 g/mol. The van der Waals surface area contributed by atoms with Crippen LogP contribution in [0.2, 0.25) is 5.02 Å². The molecular formula is C14H19ClN2O. The molecule has 0 radical (unpaired) electrons. The zero-order chi connectivity index (χ0) is 13.3. The van der Waals surface area contributed by atoms with E-state index in [1.54, 1.807) is 0 Å². The van der Waals surface area contributed by atoms with E-state index in [2.05, 4.69) is 19.2 Å². The predicted molar refractivity (Wildman–Crippen MR) is 75.2 cm³/mol. The van der Waals surface area contributed by atoms with E-state index in [0.717, 1.165) is 24.3 Å². The number of anilines is 1. The van der Waals surface area contributed by atoms with Gasteiger partial charge in [-0.25, -0.2) is 0 Å². The van der Waals surface area contributed by atoms with Crippen molar-refractivity contribution >= 4 is 23.2 Å². The van der Waals surface area contributed by atoms with Gasteiger partial charge in [-0.05, 0) is 38.5 Å². The first-order valence-electron chi connectivity index (χ1n) is 6.22. The summed E-state index contributed by atoms with van der Waals surface area (Å²) in [4.78, 5) is 14.1. The van der Waals surface area contributed by atoms with E-state index in [4.69, 9.17) is 11.6 Å². The lowest BCUT2D eigenvalue weighted by Crippen LogP contribution is -2.51. The number of nitrogens with one attached hydrogen (secondary N) is 1. The van der Waals surface area contributed by atoms with Gasteiger partial charge in [-0.2, -0.15) is 0 Å². The number of benzene rings is 1. The predicted octanol–water partition coefficient (Wildman–Crippen LogP) is 2.75. The van der Waals surface area contributed by atoms with E-state index in [1.165, 1.54) is 0 Å². The van der Waals surface area contributed by atoms with Gasteiger partial charge in [0, 0.05) is 30.2 Å². The van der Waals surface area contributed by atoms with Gasteiger partial charge in [0.15, 0.2) is 0 Å². The number of hydrogen-bond donors (Lipinski definition) is 1. The largest absolute Gasteiger partial charge is 0.314 e. The quantitative estimate of drug-likeness (QED) is 0.848. The highest BCUT2D eigenvalue weighted by Crippen LogP contribution is 2.29. The van der Waals surface area contributed by atoms with Crippen LogP contribution in [0.1, 0.15) is 25.8 Å². The maximum Gasteiger partial charge on any atom is 0.228 e. The third-order valence-electron chi connectivity index (χ3n) is 3.34. The summed E-state index contributed by atoms with van der Waals surface area (Å²) in [6, 6.07) is 5.80. The zero-order valence-corrected chi connectivity index (χ0v) is 11.8. The van der Waals surface area contributed by atoms with Crippen molar-refractivity contribution in [1.29, 1.82) is 0 Å². The molecule has 4 heteroatoms. The summed E-state index contributed by atoms with van der Waals surface area (Å²) in [6.07, 6.45) is 0.523. The average Bonchev–Trinajstić information content (AvgIpc) is 2.41. The van der Waals surface area contributed by atoms with Crippen LogP contribution < -0.4 is 10.2 Å². The van der Waals surface area contributed by atoms with Gasteiger partial charge in [-0.3, -0.25) is 4.79 Å². The van der Waals surface area contributed by atoms with Crippen LogP contribution >= 0.6 is 11.6 Å². The SMILES string of the molecule is Cc1ccc(N2C(=O)CCNCC2(C)C)cc1Cl. The Morgan fingerprint density at radius 1 is 1.39 bits per heavy atom. The molecule has 18 heavy (non-hydrogen) atoms. The highest BCUT2D eigenvalue weighted by molar-refractivity contribution is 6.31. The van der Waals surface area contributed by atoms with Gasteiger partial charge >= 0.3 is 0 Å². The Bertz CT molecular complexity index is 471. The van der Waals surface area contributed by atoms with E-state index in [1.807, 2.05) is 30.0 Å². The maximum atomic E-state index is 12.3. The highest BCUT2D eigenvalue weighted by Gasteiger charge is 2.33. The van der Waals surface area contributed by atoms with E-state index in [0.29, 0.717) is 11.4 Å². The fourth-order valence-electron chi connectivity index (χ4n) is 2.33. The van der Waals surface area contributed by atoms with Crippen molar-refractivity contribution in [2.45, 2.75) is 32.7 Å². The van der Waals surface area contributed by atoms with Crippen LogP contribution in [0.25, 0.3) is 0 Å². The zero-order valence-electron chi connectivity index (χ0n) is 11.1. The molecule has 98 valence electrons. The fourth-order valence-corrected chi connectivity index (χ4v) is 2.51. The summed E-state index contributed by atoms with van der Waals surface area (Å²) in [7, 11) is 0. The van der Waals surface area contributed by atoms with Gasteiger partial charge in [0.25, 0.3) is 0 Å². The molecule has 0 aromatic heterocycles. The number of carbonyl (C=O) groups is 1. The van der Waals surface area contributed by atoms with Crippen molar-refractivity contribution < 1.29 is 4.79 Å². The maximum absolute atomic E-state index is 12.3. The van der Waals surface area contributed by atoms with E-state index < -0.39 is 0 Å². The van der Waals surface area contributed by atoms with Crippen molar-refractivity contribution in [3.63, 3.8) is 0 Å². The number of carbonyl (C=O) groups excluding carboxylic acids is 1. The molecule has 3 nitrogen and oxygen atoms in total. The molecule has 1 amide bonds. The Kier molecular flexibility index (Phi) is 3.64. The highest BCUT2D eigenvalue weighted by atomic mass is 35.5. The smallest absolute Gasteiger partial charge is 0.228 e. The number of halogens is 1. The summed E-state index contributed by atoms with van der Waals surface area (Å²) in [6.45, 7) is 7.61. The first kappa shape index (κ1) is 13.4. The summed E-state index contributed by atoms with van der Waals surface area (Å²) < 4.78 is 0. The van der Waals surface area contributed by atoms with Crippen LogP contribution in [0.5, 0.6) is 0 Å². The van der Waals surface area contributed by atoms with Crippen molar-refractivity contribution in [1.82, 2.24) is 5.32 Å². The molecule has 0 unspecified atom stereocenters. The van der Waals surface area contributed by atoms with E-state index >= 15 is 0 Å². The first-order chi connectivity index (χ1) is 8.42. The van der Waals surface area contributed by atoms with Crippen LogP contribution in [0.4, 0.5) is 5.69 Å². The molecule has 0 atom stereocenters. The van der Waals surface area contributed by atoms with Crippen molar-refractivity contribution in [3.8, 4) is 0 Å². The Morgan fingerprint density at radius 3 is 2.78 bits per heavy atom. The molecule has 2 rings (SSSR count). The van der Waals surface area contributed by atoms with Crippen molar-refractivity contribution in [2.24, 2.45) is 0 Å². The molecule has 1 saturated heterocycles. The standard InChI is InChI=1S/C14H19ClN2O/c1-10-4-5-11(8-12(10)15)17-13(18)6-7-16-9-14(17,2)3/h4-5,8,16H,6-7,9H2,1-3H3. The second kappa shape index (κ2) is 4.90. The number of rotatable bonds is 1. The second-order valence-corrected chi connectivity index (χ2v) is 5.81. The second-order valence-electron chi connectivity index (χ2n) is 5.40. The minimum absolute atomic E-state index is 0.143. The van der Waals surface area contributed by atoms with E-state index in [-0.39, 0.29) is 11.4 Å². The van der Waals surface area contributed by atoms with Crippen LogP contribution in [0.3, 0.4) is 0 Å². The monoisotopic (exact) mass is 266 g/mol. The van der Waals surface area contributed by atoms with Crippen molar-refractivity contribution in [2.75, 3.05) is 18.0 Å². The minimum Gasteiger partial charge on any atom is -0.314 e. The molecule has 1 heterocycles. The third kappa shape index (κ3) is 2.52. The summed E-state index contributed by atoms with van der Waals surface area (Å²) in [5.74, 6) is 0.143. The van der Waals surface area contributed by atoms with Crippen molar-refractivity contribution in [3.05, 3.63) is 28.8 Å². The molecule has 1 aromatic carbocycles. The Balaban J connectivity index is 2.43. The fraction of sp³-hybridized carbons (Fsp3) is 0.500. The van der Waals surface area contributed by atoms with Gasteiger partial charge in [0.05, 0.1) is 5.54 Å². The Hall–Kier alpha value is -1.06. The van der Waals surface area contributed by atoms with Gasteiger partial charge in [-0.15, -0.1) is 0 Å². The van der Waals surface area contributed by atoms with Crippen LogP contribution in [0, 0.1) is 6.92 Å². The molecule has 1 aromatic rings. The Morgan fingerprint density at radius 2 is 2.11 bits per heavy atom. The van der Waals surface area contributed by atoms with Gasteiger partial charge in [0.1, 0.15) is 0 Å². The van der Waals surface area contributed by atoms with Crippen LogP contribution in [0.15, 0.2) is 18.2 Å². The van der Waals surface area contributed by atoms with Gasteiger partial charge in [-0.1, -0.05) is 17.7 Å². The molecule has 1 aliphatic heterocycles. The molecule has 1 aliphatic rings.